The number of halogens is 1. The lowest BCUT2D eigenvalue weighted by atomic mass is 9.80. The highest BCUT2D eigenvalue weighted by Gasteiger charge is 2.63. The number of methoxy groups -OCH3 is 3. The number of carbonyl (C=O) groups is 2. The van der Waals surface area contributed by atoms with Gasteiger partial charge in [-0.15, -0.1) is 0 Å². The summed E-state index contributed by atoms with van der Waals surface area (Å²) in [6, 6.07) is 12.6. The quantitative estimate of drug-likeness (QED) is 0.314. The minimum atomic E-state index is -4.68. The fourth-order valence-corrected chi connectivity index (χ4v) is 9.02. The minimum Gasteiger partial charge on any atom is -0.497 e. The highest BCUT2D eigenvalue weighted by molar-refractivity contribution is 7.93. The first-order chi connectivity index (χ1) is 23.0. The zero-order valence-corrected chi connectivity index (χ0v) is 28.7. The Morgan fingerprint density at radius 2 is 1.62 bits per heavy atom. The summed E-state index contributed by atoms with van der Waals surface area (Å²) >= 11 is 0. The lowest BCUT2D eigenvalue weighted by Gasteiger charge is -2.42. The van der Waals surface area contributed by atoms with Crippen molar-refractivity contribution in [3.63, 3.8) is 0 Å². The van der Waals surface area contributed by atoms with Crippen LogP contribution in [0.25, 0.3) is 0 Å². The maximum Gasteiger partial charge on any atom is 0.274 e. The number of rotatable bonds is 10. The van der Waals surface area contributed by atoms with Crippen LogP contribution in [0.5, 0.6) is 17.2 Å². The fourth-order valence-electron chi connectivity index (χ4n) is 7.42. The number of ether oxygens (including phenoxy) is 3. The molecule has 11 nitrogen and oxygen atoms in total. The van der Waals surface area contributed by atoms with E-state index >= 15 is 9.18 Å². The summed E-state index contributed by atoms with van der Waals surface area (Å²) < 4.78 is 62.3. The van der Waals surface area contributed by atoms with Crippen LogP contribution >= 0.6 is 0 Å². The van der Waals surface area contributed by atoms with Gasteiger partial charge in [0.05, 0.1) is 33.1 Å². The van der Waals surface area contributed by atoms with Gasteiger partial charge in [-0.3, -0.25) is 19.4 Å². The van der Waals surface area contributed by atoms with E-state index in [1.807, 2.05) is 12.1 Å². The van der Waals surface area contributed by atoms with Crippen molar-refractivity contribution < 1.29 is 36.6 Å². The van der Waals surface area contributed by atoms with Crippen LogP contribution in [0, 0.1) is 5.82 Å². The molecule has 0 saturated carbocycles. The number of carbonyl (C=O) groups excluding carboxylic acids is 2. The van der Waals surface area contributed by atoms with E-state index in [9.17, 15) is 13.2 Å². The average Bonchev–Trinajstić information content (AvgIpc) is 3.83. The number of likely N-dealkylation sites (tertiary alicyclic amines) is 2. The summed E-state index contributed by atoms with van der Waals surface area (Å²) in [7, 11) is 2.84. The SMILES string of the molecule is COc1ccc(S(=O)(=O)N2C(=O)C(c3cc(CN4CCCC4)ccc3OC)(N3CCC[C@H]3C(=O)N(C)C)c3cc(F)ccc32)c(OC)c1. The van der Waals surface area contributed by atoms with Gasteiger partial charge in [0.25, 0.3) is 15.9 Å². The highest BCUT2D eigenvalue weighted by Crippen LogP contribution is 2.55. The van der Waals surface area contributed by atoms with Gasteiger partial charge in [-0.2, -0.15) is 0 Å². The first-order valence-corrected chi connectivity index (χ1v) is 17.4. The number of fused-ring (bicyclic) bond motifs is 1. The molecule has 6 rings (SSSR count). The zero-order chi connectivity index (χ0) is 34.4. The number of likely N-dealkylation sites (N-methyl/N-ethyl adjacent to an activating group) is 1. The largest absolute Gasteiger partial charge is 0.497 e. The normalized spacial score (nSPS) is 21.4. The van der Waals surface area contributed by atoms with Crippen molar-refractivity contribution in [2.24, 2.45) is 0 Å². The van der Waals surface area contributed by atoms with Crippen LogP contribution in [-0.2, 0) is 31.7 Å². The summed E-state index contributed by atoms with van der Waals surface area (Å²) in [6.07, 6.45) is 3.15. The van der Waals surface area contributed by atoms with Gasteiger partial charge in [0.2, 0.25) is 5.91 Å². The van der Waals surface area contributed by atoms with Crippen molar-refractivity contribution in [2.75, 3.05) is 59.4 Å². The third-order valence-electron chi connectivity index (χ3n) is 9.62. The smallest absolute Gasteiger partial charge is 0.274 e. The van der Waals surface area contributed by atoms with Gasteiger partial charge >= 0.3 is 0 Å². The molecule has 0 aromatic heterocycles. The molecule has 2 amide bonds. The molecule has 0 aliphatic carbocycles. The number of anilines is 1. The van der Waals surface area contributed by atoms with Crippen molar-refractivity contribution in [3.05, 3.63) is 77.1 Å². The van der Waals surface area contributed by atoms with Crippen molar-refractivity contribution in [2.45, 2.75) is 48.7 Å². The lowest BCUT2D eigenvalue weighted by Crippen LogP contribution is -2.59. The van der Waals surface area contributed by atoms with E-state index in [1.54, 1.807) is 25.1 Å². The second-order valence-electron chi connectivity index (χ2n) is 12.6. The Morgan fingerprint density at radius 1 is 0.896 bits per heavy atom. The maximum absolute atomic E-state index is 15.5. The maximum atomic E-state index is 15.5. The van der Waals surface area contributed by atoms with Crippen LogP contribution < -0.4 is 18.5 Å². The molecule has 13 heteroatoms. The predicted octanol–water partition coefficient (Wildman–Crippen LogP) is 3.98. The Bertz CT molecular complexity index is 1850. The molecule has 3 heterocycles. The van der Waals surface area contributed by atoms with Crippen molar-refractivity contribution in [1.82, 2.24) is 14.7 Å². The lowest BCUT2D eigenvalue weighted by molar-refractivity contribution is -0.138. The van der Waals surface area contributed by atoms with Gasteiger partial charge < -0.3 is 19.1 Å². The number of hydrogen-bond donors (Lipinski definition) is 0. The van der Waals surface area contributed by atoms with E-state index in [0.717, 1.165) is 41.9 Å². The molecule has 2 saturated heterocycles. The first kappa shape index (κ1) is 33.7. The highest BCUT2D eigenvalue weighted by atomic mass is 32.2. The second-order valence-corrected chi connectivity index (χ2v) is 14.3. The second kappa shape index (κ2) is 13.0. The molecule has 3 aliphatic heterocycles. The summed E-state index contributed by atoms with van der Waals surface area (Å²) in [6.45, 7) is 2.73. The molecule has 0 N–H and O–H groups in total. The molecule has 3 aliphatic rings. The molecular formula is C35H41FN4O7S. The number of nitrogens with zero attached hydrogens (tertiary/aromatic N) is 4. The molecule has 0 spiro atoms. The van der Waals surface area contributed by atoms with Gasteiger partial charge in [-0.1, -0.05) is 6.07 Å². The van der Waals surface area contributed by atoms with Gasteiger partial charge in [0, 0.05) is 44.4 Å². The van der Waals surface area contributed by atoms with Crippen LogP contribution in [0.2, 0.25) is 0 Å². The standard InChI is InChI=1S/C35H41FN4O7S/c1-37(2)33(41)29-9-8-18-39(29)35(27-19-23(10-14-30(27)46-4)22-38-16-6-7-17-38)26-20-24(36)11-13-28(26)40(34(35)42)48(43,44)32-15-12-25(45-3)21-31(32)47-5/h10-15,19-21,29H,6-9,16-18,22H2,1-5H3/t29-,35?/m0/s1. The topological polar surface area (TPSA) is 109 Å². The van der Waals surface area contributed by atoms with Crippen LogP contribution in [0.15, 0.2) is 59.5 Å². The monoisotopic (exact) mass is 680 g/mol. The Balaban J connectivity index is 1.65. The molecule has 0 radical (unpaired) electrons. The van der Waals surface area contributed by atoms with Crippen molar-refractivity contribution in [3.8, 4) is 17.2 Å². The van der Waals surface area contributed by atoms with E-state index < -0.39 is 33.3 Å². The molecule has 3 aromatic carbocycles. The molecule has 2 atom stereocenters. The van der Waals surface area contributed by atoms with Crippen LogP contribution in [0.1, 0.15) is 42.4 Å². The van der Waals surface area contributed by atoms with Crippen LogP contribution in [0.4, 0.5) is 10.1 Å². The molecule has 3 aromatic rings. The Hall–Kier alpha value is -4.20. The average molecular weight is 681 g/mol. The number of hydrogen-bond acceptors (Lipinski definition) is 9. The van der Waals surface area contributed by atoms with E-state index in [4.69, 9.17) is 14.2 Å². The summed E-state index contributed by atoms with van der Waals surface area (Å²) in [5.41, 5.74) is -0.626. The third-order valence-corrected chi connectivity index (χ3v) is 11.4. The Labute approximate surface area is 280 Å². The van der Waals surface area contributed by atoms with Gasteiger partial charge in [-0.05, 0) is 86.8 Å². The van der Waals surface area contributed by atoms with E-state index in [0.29, 0.717) is 36.4 Å². The molecule has 1 unspecified atom stereocenters. The Kier molecular flexibility index (Phi) is 9.14. The van der Waals surface area contributed by atoms with Crippen molar-refractivity contribution >= 4 is 27.5 Å². The van der Waals surface area contributed by atoms with Crippen LogP contribution in [0.3, 0.4) is 0 Å². The van der Waals surface area contributed by atoms with Gasteiger partial charge in [0.15, 0.2) is 5.54 Å². The van der Waals surface area contributed by atoms with Crippen molar-refractivity contribution in [1.29, 1.82) is 0 Å². The predicted molar refractivity (Wildman–Crippen MR) is 177 cm³/mol. The molecule has 256 valence electrons. The van der Waals surface area contributed by atoms with E-state index in [2.05, 4.69) is 4.90 Å². The molecule has 48 heavy (non-hydrogen) atoms. The van der Waals surface area contributed by atoms with Gasteiger partial charge in [0.1, 0.15) is 28.0 Å². The summed E-state index contributed by atoms with van der Waals surface area (Å²) in [5.74, 6) is -1.13. The molecule has 2 fully saturated rings. The molecule has 0 bridgehead atoms. The fraction of sp³-hybridized carbons (Fsp3) is 0.429. The molecular weight excluding hydrogens is 639 g/mol. The number of sulfonamides is 1. The van der Waals surface area contributed by atoms with Gasteiger partial charge in [-0.25, -0.2) is 17.1 Å². The summed E-state index contributed by atoms with van der Waals surface area (Å²) in [5, 5.41) is 0. The Morgan fingerprint density at radius 3 is 2.29 bits per heavy atom. The van der Waals surface area contributed by atoms with E-state index in [1.165, 1.54) is 56.6 Å². The number of amides is 2. The first-order valence-electron chi connectivity index (χ1n) is 16.0. The minimum absolute atomic E-state index is 0.0192. The van der Waals surface area contributed by atoms with Crippen LogP contribution in [-0.4, -0.2) is 96.0 Å². The third kappa shape index (κ3) is 5.37. The summed E-state index contributed by atoms with van der Waals surface area (Å²) in [4.78, 5) is 34.5. The van der Waals surface area contributed by atoms with E-state index in [-0.39, 0.29) is 34.3 Å². The zero-order valence-electron chi connectivity index (χ0n) is 27.9. The number of benzene rings is 3.